The summed E-state index contributed by atoms with van der Waals surface area (Å²) in [5, 5.41) is 11.1. The molecule has 3 aromatic rings. The second-order valence-electron chi connectivity index (χ2n) is 9.76. The fraction of sp³-hybridized carbons (Fsp3) is 0.500. The summed E-state index contributed by atoms with van der Waals surface area (Å²) in [5.74, 6) is -0.704. The Balaban J connectivity index is 1.37. The zero-order valence-electron chi connectivity index (χ0n) is 20.8. The normalized spacial score (nSPS) is 16.1. The van der Waals surface area contributed by atoms with Gasteiger partial charge in [0.2, 0.25) is 5.79 Å². The van der Waals surface area contributed by atoms with E-state index in [2.05, 4.69) is 15.6 Å². The van der Waals surface area contributed by atoms with Crippen LogP contribution in [-0.2, 0) is 20.0 Å². The van der Waals surface area contributed by atoms with Crippen LogP contribution < -0.4 is 5.32 Å². The van der Waals surface area contributed by atoms with E-state index in [9.17, 15) is 9.18 Å². The molecule has 1 amide bonds. The smallest absolute Gasteiger partial charge is 0.408 e. The van der Waals surface area contributed by atoms with E-state index in [1.807, 2.05) is 20.8 Å². The predicted molar refractivity (Wildman–Crippen MR) is 127 cm³/mol. The first-order valence-electron chi connectivity index (χ1n) is 12.1. The first-order chi connectivity index (χ1) is 17.2. The van der Waals surface area contributed by atoms with Crippen molar-refractivity contribution >= 4 is 6.09 Å². The lowest BCUT2D eigenvalue weighted by molar-refractivity contribution is -0.175. The quantitative estimate of drug-likeness (QED) is 0.343. The maximum Gasteiger partial charge on any atom is 0.408 e. The number of hydrogen-bond acceptors (Lipinski definition) is 8. The van der Waals surface area contributed by atoms with Crippen LogP contribution in [0.5, 0.6) is 0 Å². The number of hydrogen-bond donors (Lipinski definition) is 1. The summed E-state index contributed by atoms with van der Waals surface area (Å²) >= 11 is 0. The summed E-state index contributed by atoms with van der Waals surface area (Å²) in [7, 11) is 0. The molecule has 0 spiro atoms. The third-order valence-electron chi connectivity index (χ3n) is 5.79. The molecule has 1 aliphatic heterocycles. The van der Waals surface area contributed by atoms with Gasteiger partial charge in [0.1, 0.15) is 29.1 Å². The third kappa shape index (κ3) is 6.70. The van der Waals surface area contributed by atoms with E-state index < -0.39 is 23.5 Å². The van der Waals surface area contributed by atoms with E-state index in [4.69, 9.17) is 23.3 Å². The summed E-state index contributed by atoms with van der Waals surface area (Å²) in [6.45, 7) is 6.45. The lowest BCUT2D eigenvalue weighted by Gasteiger charge is -2.25. The standard InChI is InChI=1S/C26H32FN3O6/c1-25(2,3)35-24(31)28-20(21-17-22(36-29-21)18-8-10-19(27)11-9-18)7-5-4-6-13-26(32-15-16-33-26)23-12-14-34-30-23/h8-12,14,17,20H,4-7,13,15-16H2,1-3H3,(H,28,31)/t20-/m0/s1. The summed E-state index contributed by atoms with van der Waals surface area (Å²) in [5.41, 5.74) is 1.28. The number of aromatic nitrogens is 2. The minimum atomic E-state index is -0.864. The number of rotatable bonds is 10. The number of ether oxygens (including phenoxy) is 3. The number of carbonyl (C=O) groups excluding carboxylic acids is 1. The first-order valence-corrected chi connectivity index (χ1v) is 12.1. The fourth-order valence-electron chi connectivity index (χ4n) is 4.11. The number of halogens is 1. The molecule has 3 heterocycles. The highest BCUT2D eigenvalue weighted by Crippen LogP contribution is 2.36. The van der Waals surface area contributed by atoms with Crippen molar-refractivity contribution in [1.29, 1.82) is 0 Å². The molecule has 1 fully saturated rings. The second-order valence-corrected chi connectivity index (χ2v) is 9.76. The fourth-order valence-corrected chi connectivity index (χ4v) is 4.11. The number of nitrogens with zero attached hydrogens (tertiary/aromatic N) is 2. The van der Waals surface area contributed by atoms with Crippen molar-refractivity contribution in [3.63, 3.8) is 0 Å². The zero-order valence-corrected chi connectivity index (χ0v) is 20.8. The van der Waals surface area contributed by atoms with Crippen LogP contribution in [0.1, 0.15) is 70.3 Å². The Morgan fingerprint density at radius 1 is 1.11 bits per heavy atom. The van der Waals surface area contributed by atoms with E-state index in [0.717, 1.165) is 19.3 Å². The molecule has 0 radical (unpaired) electrons. The summed E-state index contributed by atoms with van der Waals surface area (Å²) < 4.78 is 40.9. The molecule has 2 aromatic heterocycles. The molecular formula is C26H32FN3O6. The Morgan fingerprint density at radius 3 is 2.53 bits per heavy atom. The van der Waals surface area contributed by atoms with Crippen LogP contribution in [-0.4, -0.2) is 35.2 Å². The number of alkyl carbamates (subject to hydrolysis) is 1. The molecule has 1 atom stereocenters. The van der Waals surface area contributed by atoms with Gasteiger partial charge < -0.3 is 28.6 Å². The van der Waals surface area contributed by atoms with Crippen LogP contribution in [0.4, 0.5) is 9.18 Å². The van der Waals surface area contributed by atoms with Gasteiger partial charge in [0, 0.05) is 24.1 Å². The van der Waals surface area contributed by atoms with Gasteiger partial charge in [-0.3, -0.25) is 0 Å². The molecule has 10 heteroatoms. The average molecular weight is 502 g/mol. The molecule has 1 aliphatic rings. The van der Waals surface area contributed by atoms with Gasteiger partial charge in [-0.25, -0.2) is 9.18 Å². The van der Waals surface area contributed by atoms with Gasteiger partial charge in [0.05, 0.1) is 19.3 Å². The highest BCUT2D eigenvalue weighted by molar-refractivity contribution is 5.68. The van der Waals surface area contributed by atoms with E-state index in [0.29, 0.717) is 48.8 Å². The maximum atomic E-state index is 13.3. The van der Waals surface area contributed by atoms with Crippen molar-refractivity contribution in [3.8, 4) is 11.3 Å². The molecule has 36 heavy (non-hydrogen) atoms. The molecule has 4 rings (SSSR count). The second kappa shape index (κ2) is 11.2. The van der Waals surface area contributed by atoms with Crippen LogP contribution >= 0.6 is 0 Å². The SMILES string of the molecule is CC(C)(C)OC(=O)N[C@@H](CCCCCC1(c2ccon2)OCCO1)c1cc(-c2ccc(F)cc2)on1. The predicted octanol–water partition coefficient (Wildman–Crippen LogP) is 5.88. The lowest BCUT2D eigenvalue weighted by Crippen LogP contribution is -2.35. The number of nitrogens with one attached hydrogen (secondary N) is 1. The van der Waals surface area contributed by atoms with Crippen LogP contribution in [0.15, 0.2) is 51.7 Å². The van der Waals surface area contributed by atoms with Gasteiger partial charge in [-0.15, -0.1) is 0 Å². The highest BCUT2D eigenvalue weighted by Gasteiger charge is 2.40. The maximum absolute atomic E-state index is 13.3. The van der Waals surface area contributed by atoms with Crippen molar-refractivity contribution in [2.45, 2.75) is 70.3 Å². The Hall–Kier alpha value is -3.24. The number of unbranched alkanes of at least 4 members (excludes halogenated alkanes) is 2. The van der Waals surface area contributed by atoms with Crippen LogP contribution in [0.2, 0.25) is 0 Å². The molecule has 9 nitrogen and oxygen atoms in total. The van der Waals surface area contributed by atoms with Gasteiger partial charge in [-0.05, 0) is 57.9 Å². The van der Waals surface area contributed by atoms with Gasteiger partial charge in [-0.1, -0.05) is 23.2 Å². The van der Waals surface area contributed by atoms with Crippen LogP contribution in [0.25, 0.3) is 11.3 Å². The number of amides is 1. The van der Waals surface area contributed by atoms with Crippen LogP contribution in [0.3, 0.4) is 0 Å². The summed E-state index contributed by atoms with van der Waals surface area (Å²) in [4.78, 5) is 12.5. The molecular weight excluding hydrogens is 469 g/mol. The first kappa shape index (κ1) is 25.8. The monoisotopic (exact) mass is 501 g/mol. The van der Waals surface area contributed by atoms with E-state index in [1.54, 1.807) is 24.3 Å². The zero-order chi connectivity index (χ0) is 25.6. The lowest BCUT2D eigenvalue weighted by atomic mass is 10.0. The average Bonchev–Trinajstić information content (AvgIpc) is 3.59. The van der Waals surface area contributed by atoms with Crippen LogP contribution in [0, 0.1) is 5.82 Å². The number of carbonyl (C=O) groups is 1. The van der Waals surface area contributed by atoms with Gasteiger partial charge in [0.25, 0.3) is 0 Å². The molecule has 1 saturated heterocycles. The van der Waals surface area contributed by atoms with Crippen molar-refractivity contribution in [2.24, 2.45) is 0 Å². The van der Waals surface area contributed by atoms with Gasteiger partial charge >= 0.3 is 6.09 Å². The van der Waals surface area contributed by atoms with Gasteiger partial charge in [0.15, 0.2) is 5.76 Å². The molecule has 194 valence electrons. The number of benzene rings is 1. The largest absolute Gasteiger partial charge is 0.444 e. The Labute approximate surface area is 209 Å². The topological polar surface area (TPSA) is 109 Å². The molecule has 1 N–H and O–H groups in total. The van der Waals surface area contributed by atoms with Gasteiger partial charge in [-0.2, -0.15) is 0 Å². The third-order valence-corrected chi connectivity index (χ3v) is 5.79. The van der Waals surface area contributed by atoms with E-state index in [1.165, 1.54) is 18.4 Å². The van der Waals surface area contributed by atoms with Crippen molar-refractivity contribution in [2.75, 3.05) is 13.2 Å². The minimum Gasteiger partial charge on any atom is -0.444 e. The van der Waals surface area contributed by atoms with E-state index in [-0.39, 0.29) is 5.82 Å². The summed E-state index contributed by atoms with van der Waals surface area (Å²) in [6.07, 6.45) is 4.72. The van der Waals surface area contributed by atoms with E-state index >= 15 is 0 Å². The Morgan fingerprint density at radius 2 is 1.86 bits per heavy atom. The Bertz CT molecular complexity index is 1100. The molecule has 0 unspecified atom stereocenters. The van der Waals surface area contributed by atoms with Crippen molar-refractivity contribution < 1.29 is 32.4 Å². The minimum absolute atomic E-state index is 0.332. The molecule has 0 bridgehead atoms. The van der Waals surface area contributed by atoms with Crippen molar-refractivity contribution in [3.05, 3.63) is 59.9 Å². The molecule has 1 aromatic carbocycles. The summed E-state index contributed by atoms with van der Waals surface area (Å²) in [6, 6.07) is 9.06. The Kier molecular flexibility index (Phi) is 8.05. The highest BCUT2D eigenvalue weighted by atomic mass is 19.1. The molecule has 0 saturated carbocycles. The molecule has 0 aliphatic carbocycles. The van der Waals surface area contributed by atoms with Crippen molar-refractivity contribution in [1.82, 2.24) is 15.6 Å².